The van der Waals surface area contributed by atoms with Crippen LogP contribution in [0, 0.1) is 0 Å². The Morgan fingerprint density at radius 1 is 1.19 bits per heavy atom. The molecule has 134 valence electrons. The Balaban J connectivity index is 1.61. The van der Waals surface area contributed by atoms with Crippen molar-refractivity contribution in [2.75, 3.05) is 5.32 Å². The molecule has 6 nitrogen and oxygen atoms in total. The summed E-state index contributed by atoms with van der Waals surface area (Å²) in [4.78, 5) is 17.1. The first-order valence-electron chi connectivity index (χ1n) is 7.91. The van der Waals surface area contributed by atoms with E-state index in [4.69, 9.17) is 0 Å². The van der Waals surface area contributed by atoms with Crippen molar-refractivity contribution >= 4 is 58.5 Å². The van der Waals surface area contributed by atoms with Gasteiger partial charge in [-0.3, -0.25) is 10.1 Å². The van der Waals surface area contributed by atoms with Crippen molar-refractivity contribution < 1.29 is 13.2 Å². The number of benzene rings is 2. The number of rotatable bonds is 5. The van der Waals surface area contributed by atoms with Crippen LogP contribution in [0.1, 0.15) is 23.2 Å². The monoisotopic (exact) mass is 451 g/mol. The third-order valence-corrected chi connectivity index (χ3v) is 7.07. The van der Waals surface area contributed by atoms with Gasteiger partial charge in [-0.05, 0) is 59.1 Å². The number of amides is 1. The van der Waals surface area contributed by atoms with E-state index in [-0.39, 0.29) is 16.5 Å². The molecule has 26 heavy (non-hydrogen) atoms. The number of sulfonamides is 1. The predicted molar refractivity (Wildman–Crippen MR) is 105 cm³/mol. The molecule has 1 fully saturated rings. The number of hydrogen-bond donors (Lipinski definition) is 2. The van der Waals surface area contributed by atoms with Crippen molar-refractivity contribution in [1.82, 2.24) is 9.71 Å². The summed E-state index contributed by atoms with van der Waals surface area (Å²) in [6.07, 6.45) is 1.70. The van der Waals surface area contributed by atoms with Crippen molar-refractivity contribution in [3.8, 4) is 0 Å². The molecule has 4 rings (SSSR count). The molecular formula is C17H14BrN3O3S2. The minimum absolute atomic E-state index is 0.00340. The van der Waals surface area contributed by atoms with E-state index >= 15 is 0 Å². The van der Waals surface area contributed by atoms with Crippen LogP contribution >= 0.6 is 27.3 Å². The van der Waals surface area contributed by atoms with Crippen LogP contribution in [0.2, 0.25) is 0 Å². The largest absolute Gasteiger partial charge is 0.298 e. The normalized spacial score (nSPS) is 14.5. The number of halogens is 1. The maximum atomic E-state index is 12.6. The quantitative estimate of drug-likeness (QED) is 0.617. The van der Waals surface area contributed by atoms with Gasteiger partial charge in [0, 0.05) is 10.5 Å². The SMILES string of the molecule is O=C(Nc1nc2ccccc2s1)c1cc(S(=O)(=O)NC2CC2)ccc1Br. The second-order valence-electron chi connectivity index (χ2n) is 5.98. The van der Waals surface area contributed by atoms with Gasteiger partial charge in [-0.1, -0.05) is 23.5 Å². The summed E-state index contributed by atoms with van der Waals surface area (Å²) in [5.41, 5.74) is 1.04. The molecule has 1 aliphatic rings. The van der Waals surface area contributed by atoms with Crippen molar-refractivity contribution in [2.24, 2.45) is 0 Å². The van der Waals surface area contributed by atoms with Gasteiger partial charge in [-0.2, -0.15) is 0 Å². The van der Waals surface area contributed by atoms with Crippen LogP contribution in [0.3, 0.4) is 0 Å². The van der Waals surface area contributed by atoms with Crippen LogP contribution in [0.25, 0.3) is 10.2 Å². The highest BCUT2D eigenvalue weighted by Gasteiger charge is 2.28. The third kappa shape index (κ3) is 3.66. The molecule has 1 aromatic heterocycles. The lowest BCUT2D eigenvalue weighted by molar-refractivity contribution is 0.102. The number of nitrogens with zero attached hydrogens (tertiary/aromatic N) is 1. The van der Waals surface area contributed by atoms with E-state index < -0.39 is 15.9 Å². The topological polar surface area (TPSA) is 88.2 Å². The van der Waals surface area contributed by atoms with Crippen molar-refractivity contribution in [3.63, 3.8) is 0 Å². The van der Waals surface area contributed by atoms with E-state index in [0.717, 1.165) is 23.1 Å². The summed E-state index contributed by atoms with van der Waals surface area (Å²) in [5.74, 6) is -0.417. The standard InChI is InChI=1S/C17H14BrN3O3S2/c18-13-8-7-11(26(23,24)21-10-5-6-10)9-12(13)16(22)20-17-19-14-3-1-2-4-15(14)25-17/h1-4,7-10,21H,5-6H2,(H,19,20,22). The number of anilines is 1. The summed E-state index contributed by atoms with van der Waals surface area (Å²) in [6.45, 7) is 0. The summed E-state index contributed by atoms with van der Waals surface area (Å²) in [7, 11) is -3.63. The van der Waals surface area contributed by atoms with Gasteiger partial charge < -0.3 is 0 Å². The highest BCUT2D eigenvalue weighted by atomic mass is 79.9. The molecule has 1 aliphatic carbocycles. The lowest BCUT2D eigenvalue weighted by Crippen LogP contribution is -2.26. The van der Waals surface area contributed by atoms with Crippen LogP contribution < -0.4 is 10.0 Å². The van der Waals surface area contributed by atoms with Crippen molar-refractivity contribution in [3.05, 3.63) is 52.5 Å². The molecule has 0 unspecified atom stereocenters. The summed E-state index contributed by atoms with van der Waals surface area (Å²) in [5, 5.41) is 3.21. The van der Waals surface area contributed by atoms with Gasteiger partial charge in [-0.15, -0.1) is 0 Å². The molecule has 1 amide bonds. The first-order valence-corrected chi connectivity index (χ1v) is 11.0. The van der Waals surface area contributed by atoms with Crippen molar-refractivity contribution in [1.29, 1.82) is 0 Å². The zero-order valence-corrected chi connectivity index (χ0v) is 16.6. The maximum absolute atomic E-state index is 12.6. The molecule has 0 atom stereocenters. The van der Waals surface area contributed by atoms with E-state index in [1.807, 2.05) is 24.3 Å². The fourth-order valence-electron chi connectivity index (χ4n) is 2.42. The molecule has 1 saturated carbocycles. The fourth-order valence-corrected chi connectivity index (χ4v) is 5.04. The smallest absolute Gasteiger partial charge is 0.258 e. The maximum Gasteiger partial charge on any atom is 0.258 e. The molecule has 0 spiro atoms. The molecule has 3 aromatic rings. The highest BCUT2D eigenvalue weighted by molar-refractivity contribution is 9.10. The summed E-state index contributed by atoms with van der Waals surface area (Å²) < 4.78 is 28.8. The van der Waals surface area contributed by atoms with Gasteiger partial charge in [-0.25, -0.2) is 18.1 Å². The van der Waals surface area contributed by atoms with Gasteiger partial charge in [0.2, 0.25) is 10.0 Å². The Kier molecular flexibility index (Phi) is 4.55. The molecule has 2 N–H and O–H groups in total. The van der Waals surface area contributed by atoms with Crippen molar-refractivity contribution in [2.45, 2.75) is 23.8 Å². The fraction of sp³-hybridized carbons (Fsp3) is 0.176. The van der Waals surface area contributed by atoms with Crippen LogP contribution in [0.15, 0.2) is 51.8 Å². The van der Waals surface area contributed by atoms with Gasteiger partial charge in [0.1, 0.15) is 0 Å². The second kappa shape index (κ2) is 6.73. The predicted octanol–water partition coefficient (Wildman–Crippen LogP) is 3.75. The summed E-state index contributed by atoms with van der Waals surface area (Å²) >= 11 is 4.68. The molecule has 0 radical (unpaired) electrons. The first kappa shape index (κ1) is 17.6. The highest BCUT2D eigenvalue weighted by Crippen LogP contribution is 2.28. The zero-order chi connectivity index (χ0) is 18.3. The van der Waals surface area contributed by atoms with E-state index in [2.05, 4.69) is 31.0 Å². The Labute approximate surface area is 162 Å². The molecule has 0 aliphatic heterocycles. The number of carbonyl (C=O) groups excluding carboxylic acids is 1. The van der Waals surface area contributed by atoms with Crippen LogP contribution in [0.4, 0.5) is 5.13 Å². The molecular weight excluding hydrogens is 438 g/mol. The number of hydrogen-bond acceptors (Lipinski definition) is 5. The van der Waals surface area contributed by atoms with E-state index in [9.17, 15) is 13.2 Å². The Morgan fingerprint density at radius 3 is 2.69 bits per heavy atom. The average Bonchev–Trinajstić information content (AvgIpc) is 3.30. The van der Waals surface area contributed by atoms with Crippen LogP contribution in [-0.2, 0) is 10.0 Å². The summed E-state index contributed by atoms with van der Waals surface area (Å²) in [6, 6.07) is 12.0. The molecule has 0 bridgehead atoms. The van der Waals surface area contributed by atoms with Gasteiger partial charge in [0.15, 0.2) is 5.13 Å². The Hall–Kier alpha value is -1.81. The van der Waals surface area contributed by atoms with Crippen LogP contribution in [-0.4, -0.2) is 25.4 Å². The number of carbonyl (C=O) groups is 1. The minimum Gasteiger partial charge on any atom is -0.298 e. The van der Waals surface area contributed by atoms with Gasteiger partial charge in [0.05, 0.1) is 20.7 Å². The number of aromatic nitrogens is 1. The van der Waals surface area contributed by atoms with Gasteiger partial charge >= 0.3 is 0 Å². The van der Waals surface area contributed by atoms with E-state index in [1.54, 1.807) is 6.07 Å². The van der Waals surface area contributed by atoms with E-state index in [0.29, 0.717) is 9.60 Å². The minimum atomic E-state index is -3.63. The second-order valence-corrected chi connectivity index (χ2v) is 9.58. The molecule has 9 heteroatoms. The number of nitrogens with one attached hydrogen (secondary N) is 2. The first-order chi connectivity index (χ1) is 12.4. The Morgan fingerprint density at radius 2 is 1.96 bits per heavy atom. The Bertz CT molecular complexity index is 1070. The number of para-hydroxylation sites is 1. The zero-order valence-electron chi connectivity index (χ0n) is 13.4. The number of fused-ring (bicyclic) bond motifs is 1. The lowest BCUT2D eigenvalue weighted by atomic mass is 10.2. The van der Waals surface area contributed by atoms with E-state index in [1.165, 1.54) is 23.5 Å². The molecule has 1 heterocycles. The van der Waals surface area contributed by atoms with Gasteiger partial charge in [0.25, 0.3) is 5.91 Å². The van der Waals surface area contributed by atoms with Crippen LogP contribution in [0.5, 0.6) is 0 Å². The lowest BCUT2D eigenvalue weighted by Gasteiger charge is -2.09. The average molecular weight is 452 g/mol. The third-order valence-electron chi connectivity index (χ3n) is 3.91. The molecule has 0 saturated heterocycles. The molecule has 2 aromatic carbocycles. The number of thiazole rings is 1.